The lowest BCUT2D eigenvalue weighted by Gasteiger charge is -2.15. The van der Waals surface area contributed by atoms with Gasteiger partial charge in [-0.15, -0.1) is 16.8 Å². The van der Waals surface area contributed by atoms with E-state index in [0.29, 0.717) is 23.1 Å². The van der Waals surface area contributed by atoms with E-state index in [2.05, 4.69) is 22.8 Å². The van der Waals surface area contributed by atoms with E-state index < -0.39 is 4.92 Å². The molecule has 2 aromatic carbocycles. The van der Waals surface area contributed by atoms with Crippen molar-refractivity contribution in [2.45, 2.75) is 37.4 Å². The van der Waals surface area contributed by atoms with E-state index in [1.54, 1.807) is 18.2 Å². The number of nitro groups is 1. The maximum Gasteiger partial charge on any atom is 0.269 e. The van der Waals surface area contributed by atoms with E-state index in [9.17, 15) is 14.9 Å². The molecule has 1 aliphatic rings. The normalized spacial score (nSPS) is 13.1. The number of non-ortho nitro benzene ring substituents is 1. The number of hydrogen-bond acceptors (Lipinski definition) is 6. The summed E-state index contributed by atoms with van der Waals surface area (Å²) in [4.78, 5) is 23.9. The minimum absolute atomic E-state index is 0.0148. The van der Waals surface area contributed by atoms with Crippen LogP contribution in [0.2, 0.25) is 0 Å². The zero-order chi connectivity index (χ0) is 23.7. The van der Waals surface area contributed by atoms with Gasteiger partial charge in [0.1, 0.15) is 0 Å². The van der Waals surface area contributed by atoms with Crippen LogP contribution in [0.5, 0.6) is 0 Å². The maximum absolute atomic E-state index is 13.4. The van der Waals surface area contributed by atoms with Crippen LogP contribution in [0.1, 0.15) is 28.9 Å². The Morgan fingerprint density at radius 2 is 1.88 bits per heavy atom. The molecule has 0 aliphatic heterocycles. The number of aryl methyl sites for hydroxylation is 1. The molecule has 8 nitrogen and oxygen atoms in total. The summed E-state index contributed by atoms with van der Waals surface area (Å²) in [6.45, 7) is 4.28. The summed E-state index contributed by atoms with van der Waals surface area (Å²) in [5.41, 5.74) is 4.14. The minimum Gasteiger partial charge on any atom is -0.298 e. The SMILES string of the molecule is C=CCn1c(SCC(=O)n2c3c(c4ccccc42)CCCC3)nnc1-c1ccc([N+](=O)[O-])cc1. The minimum atomic E-state index is -0.436. The number of benzene rings is 2. The van der Waals surface area contributed by atoms with E-state index in [0.717, 1.165) is 36.9 Å². The number of aromatic nitrogens is 4. The number of nitro benzene ring substituents is 1. The first-order valence-corrected chi connectivity index (χ1v) is 12.1. The van der Waals surface area contributed by atoms with Gasteiger partial charge in [0.25, 0.3) is 5.69 Å². The number of allylic oxidation sites excluding steroid dienone is 1. The van der Waals surface area contributed by atoms with Crippen LogP contribution in [-0.4, -0.2) is 35.9 Å². The van der Waals surface area contributed by atoms with Crippen LogP contribution in [-0.2, 0) is 19.4 Å². The van der Waals surface area contributed by atoms with E-state index in [1.807, 2.05) is 27.3 Å². The van der Waals surface area contributed by atoms with Gasteiger partial charge in [-0.3, -0.25) is 24.0 Å². The molecule has 2 heterocycles. The average Bonchev–Trinajstić information content (AvgIpc) is 3.42. The fraction of sp³-hybridized carbons (Fsp3) is 0.240. The van der Waals surface area contributed by atoms with Crippen molar-refractivity contribution in [2.75, 3.05) is 5.75 Å². The highest BCUT2D eigenvalue weighted by atomic mass is 32.2. The summed E-state index contributed by atoms with van der Waals surface area (Å²) in [7, 11) is 0. The summed E-state index contributed by atoms with van der Waals surface area (Å²) in [6.07, 6.45) is 5.91. The molecule has 172 valence electrons. The second-order valence-electron chi connectivity index (χ2n) is 8.18. The Morgan fingerprint density at radius 3 is 2.65 bits per heavy atom. The second-order valence-corrected chi connectivity index (χ2v) is 9.12. The first-order chi connectivity index (χ1) is 16.6. The summed E-state index contributed by atoms with van der Waals surface area (Å²) >= 11 is 1.34. The lowest BCUT2D eigenvalue weighted by atomic mass is 9.96. The second kappa shape index (κ2) is 9.26. The Morgan fingerprint density at radius 1 is 1.12 bits per heavy atom. The molecule has 1 aliphatic carbocycles. The van der Waals surface area contributed by atoms with Gasteiger partial charge in [0.05, 0.1) is 16.2 Å². The van der Waals surface area contributed by atoms with E-state index in [-0.39, 0.29) is 17.3 Å². The highest BCUT2D eigenvalue weighted by Gasteiger charge is 2.24. The number of fused-ring (bicyclic) bond motifs is 3. The third-order valence-corrected chi connectivity index (χ3v) is 7.07. The van der Waals surface area contributed by atoms with Gasteiger partial charge in [0, 0.05) is 35.3 Å². The standard InChI is InChI=1S/C25H23N5O3S/c1-2-15-28-24(17-11-13-18(14-12-17)30(32)33)26-27-25(28)34-16-23(31)29-21-9-5-3-7-19(21)20-8-4-6-10-22(20)29/h2-3,5,7,9,11-14H,1,4,6,8,10,15-16H2. The van der Waals surface area contributed by atoms with Gasteiger partial charge in [0.15, 0.2) is 11.0 Å². The molecule has 0 spiro atoms. The number of hydrogen-bond donors (Lipinski definition) is 0. The van der Waals surface area contributed by atoms with Crippen molar-refractivity contribution in [3.63, 3.8) is 0 Å². The van der Waals surface area contributed by atoms with Gasteiger partial charge in [-0.25, -0.2) is 0 Å². The third kappa shape index (κ3) is 3.92. The zero-order valence-corrected chi connectivity index (χ0v) is 19.3. The summed E-state index contributed by atoms with van der Waals surface area (Å²) in [5.74, 6) is 0.823. The van der Waals surface area contributed by atoms with Crippen LogP contribution >= 0.6 is 11.8 Å². The fourth-order valence-electron chi connectivity index (χ4n) is 4.61. The van der Waals surface area contributed by atoms with Crippen LogP contribution < -0.4 is 0 Å². The van der Waals surface area contributed by atoms with Gasteiger partial charge < -0.3 is 0 Å². The van der Waals surface area contributed by atoms with Crippen LogP contribution in [0.4, 0.5) is 5.69 Å². The van der Waals surface area contributed by atoms with Crippen molar-refractivity contribution < 1.29 is 9.72 Å². The van der Waals surface area contributed by atoms with Crippen LogP contribution in [0.25, 0.3) is 22.3 Å². The number of nitrogens with zero attached hydrogens (tertiary/aromatic N) is 5. The molecular formula is C25H23N5O3S. The molecule has 5 rings (SSSR count). The lowest BCUT2D eigenvalue weighted by Crippen LogP contribution is -2.18. The van der Waals surface area contributed by atoms with E-state index >= 15 is 0 Å². The first kappa shape index (κ1) is 22.1. The monoisotopic (exact) mass is 473 g/mol. The molecule has 4 aromatic rings. The molecule has 0 bridgehead atoms. The molecule has 2 aromatic heterocycles. The molecular weight excluding hydrogens is 450 g/mol. The third-order valence-electron chi connectivity index (χ3n) is 6.12. The molecule has 0 atom stereocenters. The van der Waals surface area contributed by atoms with E-state index in [1.165, 1.54) is 34.8 Å². The Kier molecular flexibility index (Phi) is 6.02. The highest BCUT2D eigenvalue weighted by Crippen LogP contribution is 2.33. The molecule has 0 amide bonds. The van der Waals surface area contributed by atoms with Crippen molar-refractivity contribution in [1.82, 2.24) is 19.3 Å². The quantitative estimate of drug-likeness (QED) is 0.156. The lowest BCUT2D eigenvalue weighted by molar-refractivity contribution is -0.384. The molecule has 0 saturated carbocycles. The number of carbonyl (C=O) groups is 1. The number of rotatable bonds is 7. The molecule has 34 heavy (non-hydrogen) atoms. The van der Waals surface area contributed by atoms with Crippen molar-refractivity contribution in [1.29, 1.82) is 0 Å². The van der Waals surface area contributed by atoms with Gasteiger partial charge in [-0.05, 0) is 49.4 Å². The molecule has 0 N–H and O–H groups in total. The smallest absolute Gasteiger partial charge is 0.269 e. The number of para-hydroxylation sites is 1. The predicted octanol–water partition coefficient (Wildman–Crippen LogP) is 5.31. The van der Waals surface area contributed by atoms with Crippen LogP contribution in [0.3, 0.4) is 0 Å². The molecule has 0 unspecified atom stereocenters. The Balaban J connectivity index is 1.42. The van der Waals surface area contributed by atoms with Crippen molar-refractivity contribution in [2.24, 2.45) is 0 Å². The topological polar surface area (TPSA) is 95.8 Å². The highest BCUT2D eigenvalue weighted by molar-refractivity contribution is 7.99. The maximum atomic E-state index is 13.4. The van der Waals surface area contributed by atoms with Gasteiger partial charge in [0.2, 0.25) is 5.91 Å². The van der Waals surface area contributed by atoms with Gasteiger partial charge in [-0.2, -0.15) is 0 Å². The van der Waals surface area contributed by atoms with E-state index in [4.69, 9.17) is 0 Å². The van der Waals surface area contributed by atoms with Crippen LogP contribution in [0, 0.1) is 10.1 Å². The molecule has 9 heteroatoms. The van der Waals surface area contributed by atoms with Crippen molar-refractivity contribution >= 4 is 34.3 Å². The first-order valence-electron chi connectivity index (χ1n) is 11.1. The zero-order valence-electron chi connectivity index (χ0n) is 18.5. The fourth-order valence-corrected chi connectivity index (χ4v) is 5.40. The largest absolute Gasteiger partial charge is 0.298 e. The van der Waals surface area contributed by atoms with Crippen molar-refractivity contribution in [3.8, 4) is 11.4 Å². The van der Waals surface area contributed by atoms with Crippen LogP contribution in [0.15, 0.2) is 66.3 Å². The molecule has 0 radical (unpaired) electrons. The molecule has 0 fully saturated rings. The Labute approximate surface area is 200 Å². The summed E-state index contributed by atoms with van der Waals surface area (Å²) in [6, 6.07) is 14.3. The summed E-state index contributed by atoms with van der Waals surface area (Å²) < 4.78 is 3.76. The average molecular weight is 474 g/mol. The molecule has 0 saturated heterocycles. The van der Waals surface area contributed by atoms with Gasteiger partial charge in [-0.1, -0.05) is 36.0 Å². The number of thioether (sulfide) groups is 1. The number of carbonyl (C=O) groups excluding carboxylic acids is 1. The van der Waals surface area contributed by atoms with Gasteiger partial charge >= 0.3 is 0 Å². The Hall–Kier alpha value is -3.72. The summed E-state index contributed by atoms with van der Waals surface area (Å²) in [5, 5.41) is 21.3. The van der Waals surface area contributed by atoms with Crippen molar-refractivity contribution in [3.05, 3.63) is 82.6 Å². The predicted molar refractivity (Wildman–Crippen MR) is 132 cm³/mol. The Bertz CT molecular complexity index is 1400.